The minimum absolute atomic E-state index is 0.0471. The van der Waals surface area contributed by atoms with Gasteiger partial charge in [0.05, 0.1) is 15.5 Å². The molecule has 1 amide bonds. The van der Waals surface area contributed by atoms with Crippen LogP contribution < -0.4 is 10.0 Å². The summed E-state index contributed by atoms with van der Waals surface area (Å²) in [7, 11) is -3.83. The number of non-ortho nitro benzene ring substituents is 1. The van der Waals surface area contributed by atoms with Crippen molar-refractivity contribution in [1.29, 1.82) is 0 Å². The summed E-state index contributed by atoms with van der Waals surface area (Å²) in [6, 6.07) is 26.2. The first kappa shape index (κ1) is 26.3. The molecule has 9 heteroatoms. The maximum absolute atomic E-state index is 13.3. The van der Waals surface area contributed by atoms with Crippen LogP contribution in [0.5, 0.6) is 0 Å². The van der Waals surface area contributed by atoms with E-state index < -0.39 is 20.9 Å². The normalized spacial score (nSPS) is 11.6. The summed E-state index contributed by atoms with van der Waals surface area (Å²) in [5.41, 5.74) is 4.03. The number of anilines is 2. The predicted molar refractivity (Wildman–Crippen MR) is 149 cm³/mol. The van der Waals surface area contributed by atoms with Gasteiger partial charge in [-0.1, -0.05) is 60.2 Å². The number of hydrogen-bond donors (Lipinski definition) is 2. The van der Waals surface area contributed by atoms with Crippen molar-refractivity contribution in [3.63, 3.8) is 0 Å². The molecule has 4 rings (SSSR count). The van der Waals surface area contributed by atoms with Gasteiger partial charge in [-0.25, -0.2) is 8.42 Å². The maximum Gasteiger partial charge on any atom is 0.270 e. The van der Waals surface area contributed by atoms with Gasteiger partial charge in [-0.15, -0.1) is 0 Å². The fourth-order valence-electron chi connectivity index (χ4n) is 3.84. The zero-order chi connectivity index (χ0) is 27.3. The number of amides is 1. The third kappa shape index (κ3) is 6.32. The Balaban J connectivity index is 1.58. The highest BCUT2D eigenvalue weighted by atomic mass is 32.2. The number of hydrogen-bond acceptors (Lipinski definition) is 5. The average molecular weight is 528 g/mol. The molecule has 0 aliphatic rings. The van der Waals surface area contributed by atoms with Crippen LogP contribution >= 0.6 is 0 Å². The number of benzene rings is 4. The fraction of sp³-hybridized carbons (Fsp3) is 0.0690. The molecular weight excluding hydrogens is 502 g/mol. The highest BCUT2D eigenvalue weighted by Gasteiger charge is 2.17. The van der Waals surface area contributed by atoms with Gasteiger partial charge in [0, 0.05) is 23.4 Å². The van der Waals surface area contributed by atoms with E-state index in [9.17, 15) is 23.3 Å². The van der Waals surface area contributed by atoms with E-state index in [1.165, 1.54) is 36.4 Å². The molecule has 0 spiro atoms. The average Bonchev–Trinajstić information content (AvgIpc) is 2.90. The summed E-state index contributed by atoms with van der Waals surface area (Å²) in [4.78, 5) is 24.0. The topological polar surface area (TPSA) is 118 Å². The van der Waals surface area contributed by atoms with Gasteiger partial charge < -0.3 is 5.32 Å². The van der Waals surface area contributed by atoms with E-state index in [2.05, 4.69) is 10.0 Å². The number of rotatable bonds is 8. The van der Waals surface area contributed by atoms with Crippen LogP contribution in [0.3, 0.4) is 0 Å². The van der Waals surface area contributed by atoms with Gasteiger partial charge in [0.15, 0.2) is 0 Å². The lowest BCUT2D eigenvalue weighted by molar-refractivity contribution is -0.384. The smallest absolute Gasteiger partial charge is 0.270 e. The van der Waals surface area contributed by atoms with Crippen molar-refractivity contribution in [3.05, 3.63) is 129 Å². The first-order valence-electron chi connectivity index (χ1n) is 11.7. The number of nitrogens with one attached hydrogen (secondary N) is 2. The predicted octanol–water partition coefficient (Wildman–Crippen LogP) is 6.19. The largest absolute Gasteiger partial charge is 0.322 e. The van der Waals surface area contributed by atoms with E-state index >= 15 is 0 Å². The van der Waals surface area contributed by atoms with Crippen LogP contribution in [0.25, 0.3) is 11.6 Å². The van der Waals surface area contributed by atoms with Crippen molar-refractivity contribution in [2.24, 2.45) is 0 Å². The Kier molecular flexibility index (Phi) is 7.68. The second-order valence-electron chi connectivity index (χ2n) is 8.68. The van der Waals surface area contributed by atoms with E-state index in [-0.39, 0.29) is 10.6 Å². The molecule has 0 bridgehead atoms. The van der Waals surface area contributed by atoms with Gasteiger partial charge in [-0.05, 0) is 66.9 Å². The van der Waals surface area contributed by atoms with E-state index in [4.69, 9.17) is 0 Å². The molecule has 4 aromatic carbocycles. The van der Waals surface area contributed by atoms with Crippen molar-refractivity contribution in [2.75, 3.05) is 10.0 Å². The van der Waals surface area contributed by atoms with Crippen LogP contribution in [0.2, 0.25) is 0 Å². The zero-order valence-corrected chi connectivity index (χ0v) is 21.5. The van der Waals surface area contributed by atoms with Gasteiger partial charge in [0.25, 0.3) is 21.6 Å². The summed E-state index contributed by atoms with van der Waals surface area (Å²) >= 11 is 0. The van der Waals surface area contributed by atoms with Crippen molar-refractivity contribution in [2.45, 2.75) is 18.7 Å². The minimum Gasteiger partial charge on any atom is -0.322 e. The fourth-order valence-corrected chi connectivity index (χ4v) is 4.97. The molecule has 0 radical (unpaired) electrons. The SMILES string of the molecule is Cc1ccc(NS(=O)(=O)c2ccc(NC(=O)/C(=C\c3cccc([N+](=O)[O-])c3)c3ccccc3)cc2)c(C)c1. The molecule has 2 N–H and O–H groups in total. The molecule has 0 aliphatic heterocycles. The quantitative estimate of drug-likeness (QED) is 0.123. The van der Waals surface area contributed by atoms with Gasteiger partial charge in [-0.2, -0.15) is 0 Å². The first-order valence-corrected chi connectivity index (χ1v) is 13.1. The summed E-state index contributed by atoms with van der Waals surface area (Å²) in [6.45, 7) is 3.76. The molecule has 0 fully saturated rings. The van der Waals surface area contributed by atoms with Gasteiger partial charge in [0.1, 0.15) is 0 Å². The van der Waals surface area contributed by atoms with Crippen LogP contribution in [-0.2, 0) is 14.8 Å². The lowest BCUT2D eigenvalue weighted by Gasteiger charge is -2.13. The molecular formula is C29H25N3O5S. The molecule has 192 valence electrons. The molecule has 0 unspecified atom stereocenters. The third-order valence-electron chi connectivity index (χ3n) is 5.77. The third-order valence-corrected chi connectivity index (χ3v) is 7.15. The van der Waals surface area contributed by atoms with Crippen LogP contribution in [0.4, 0.5) is 17.1 Å². The Morgan fingerprint density at radius 3 is 2.24 bits per heavy atom. The number of nitro groups is 1. The monoisotopic (exact) mass is 527 g/mol. The molecule has 8 nitrogen and oxygen atoms in total. The number of sulfonamides is 1. The first-order chi connectivity index (χ1) is 18.1. The van der Waals surface area contributed by atoms with E-state index in [1.54, 1.807) is 48.5 Å². The van der Waals surface area contributed by atoms with Crippen molar-refractivity contribution >= 4 is 44.6 Å². The Morgan fingerprint density at radius 2 is 1.58 bits per heavy atom. The summed E-state index contributed by atoms with van der Waals surface area (Å²) in [6.07, 6.45) is 1.57. The number of nitrogens with zero attached hydrogens (tertiary/aromatic N) is 1. The van der Waals surface area contributed by atoms with Gasteiger partial charge >= 0.3 is 0 Å². The van der Waals surface area contributed by atoms with Gasteiger partial charge in [0.2, 0.25) is 0 Å². The van der Waals surface area contributed by atoms with Crippen LogP contribution in [0.15, 0.2) is 102 Å². The standard InChI is InChI=1S/C29H25N3O5S/c1-20-11-16-28(21(2)17-20)31-38(36,37)26-14-12-24(13-15-26)30-29(33)27(23-8-4-3-5-9-23)19-22-7-6-10-25(18-22)32(34)35/h3-19,31H,1-2H3,(H,30,33)/b27-19-. The summed E-state index contributed by atoms with van der Waals surface area (Å²) in [5, 5.41) is 14.0. The van der Waals surface area contributed by atoms with Crippen molar-refractivity contribution in [3.8, 4) is 0 Å². The molecule has 0 saturated heterocycles. The van der Waals surface area contributed by atoms with Gasteiger partial charge in [-0.3, -0.25) is 19.6 Å². The molecule has 0 saturated carbocycles. The number of aryl methyl sites for hydroxylation is 2. The number of carbonyl (C=O) groups excluding carboxylic acids is 1. The minimum atomic E-state index is -3.83. The Morgan fingerprint density at radius 1 is 0.868 bits per heavy atom. The lowest BCUT2D eigenvalue weighted by atomic mass is 10.0. The summed E-state index contributed by atoms with van der Waals surface area (Å²) < 4.78 is 28.4. The maximum atomic E-state index is 13.3. The Labute approximate surface area is 220 Å². The molecule has 0 aromatic heterocycles. The van der Waals surface area contributed by atoms with Crippen LogP contribution in [0.1, 0.15) is 22.3 Å². The molecule has 0 atom stereocenters. The van der Waals surface area contributed by atoms with Crippen LogP contribution in [-0.4, -0.2) is 19.2 Å². The zero-order valence-electron chi connectivity index (χ0n) is 20.7. The molecule has 4 aromatic rings. The highest BCUT2D eigenvalue weighted by Crippen LogP contribution is 2.25. The van der Waals surface area contributed by atoms with E-state index in [0.29, 0.717) is 28.1 Å². The van der Waals surface area contributed by atoms with Crippen molar-refractivity contribution in [1.82, 2.24) is 0 Å². The van der Waals surface area contributed by atoms with E-state index in [0.717, 1.165) is 11.1 Å². The lowest BCUT2D eigenvalue weighted by Crippen LogP contribution is -2.15. The second kappa shape index (κ2) is 11.1. The Hall–Kier alpha value is -4.76. The van der Waals surface area contributed by atoms with E-state index in [1.807, 2.05) is 32.0 Å². The second-order valence-corrected chi connectivity index (χ2v) is 10.4. The van der Waals surface area contributed by atoms with Crippen molar-refractivity contribution < 1.29 is 18.1 Å². The Bertz CT molecular complexity index is 1630. The highest BCUT2D eigenvalue weighted by molar-refractivity contribution is 7.92. The van der Waals surface area contributed by atoms with Crippen LogP contribution in [0, 0.1) is 24.0 Å². The molecule has 38 heavy (non-hydrogen) atoms. The molecule has 0 heterocycles. The number of nitro benzene ring substituents is 1. The number of carbonyl (C=O) groups is 1. The summed E-state index contributed by atoms with van der Waals surface area (Å²) in [5.74, 6) is -0.452. The molecule has 0 aliphatic carbocycles.